The van der Waals surface area contributed by atoms with Gasteiger partial charge < -0.3 is 5.73 Å². The highest BCUT2D eigenvalue weighted by atomic mass is 79.9. The summed E-state index contributed by atoms with van der Waals surface area (Å²) >= 11 is 3.05. The molecule has 1 aromatic rings. The summed E-state index contributed by atoms with van der Waals surface area (Å²) in [5.74, 6) is -0.503. The maximum absolute atomic E-state index is 13.0. The highest BCUT2D eigenvalue weighted by Gasteiger charge is 2.29. The van der Waals surface area contributed by atoms with Gasteiger partial charge in [-0.2, -0.15) is 0 Å². The van der Waals surface area contributed by atoms with Crippen molar-refractivity contribution in [3.8, 4) is 0 Å². The van der Waals surface area contributed by atoms with Gasteiger partial charge in [-0.1, -0.05) is 20.8 Å². The molecule has 0 aromatic heterocycles. The average molecular weight is 353 g/mol. The summed E-state index contributed by atoms with van der Waals surface area (Å²) in [6, 6.07) is 3.03. The molecule has 0 aliphatic carbocycles. The second kappa shape index (κ2) is 5.87. The molecule has 0 aliphatic rings. The minimum absolute atomic E-state index is 0.00315. The fourth-order valence-electron chi connectivity index (χ4n) is 1.52. The van der Waals surface area contributed by atoms with Gasteiger partial charge in [-0.15, -0.1) is 0 Å². The third-order valence-electron chi connectivity index (χ3n) is 2.76. The topological polar surface area (TPSA) is 72.2 Å². The van der Waals surface area contributed by atoms with Crippen molar-refractivity contribution in [1.82, 2.24) is 4.72 Å². The van der Waals surface area contributed by atoms with E-state index in [9.17, 15) is 12.8 Å². The van der Waals surface area contributed by atoms with Crippen LogP contribution in [0.2, 0.25) is 0 Å². The number of nitrogens with one attached hydrogen (secondary N) is 1. The van der Waals surface area contributed by atoms with Crippen LogP contribution in [-0.2, 0) is 10.0 Å². The lowest BCUT2D eigenvalue weighted by Gasteiger charge is -2.30. The van der Waals surface area contributed by atoms with Gasteiger partial charge in [-0.05, 0) is 39.5 Å². The van der Waals surface area contributed by atoms with Crippen molar-refractivity contribution in [2.45, 2.75) is 31.7 Å². The largest absolute Gasteiger partial charge is 0.329 e. The first-order valence-corrected chi connectivity index (χ1v) is 8.03. The summed E-state index contributed by atoms with van der Waals surface area (Å²) in [6.45, 7) is 5.87. The number of nitrogens with two attached hydrogens (primary N) is 1. The molecular weight excluding hydrogens is 335 g/mol. The Labute approximate surface area is 121 Å². The lowest BCUT2D eigenvalue weighted by molar-refractivity contribution is 0.304. The number of hydrogen-bond donors (Lipinski definition) is 2. The number of rotatable bonds is 4. The molecule has 19 heavy (non-hydrogen) atoms. The van der Waals surface area contributed by atoms with Gasteiger partial charge in [0.15, 0.2) is 0 Å². The summed E-state index contributed by atoms with van der Waals surface area (Å²) in [4.78, 5) is -0.00315. The molecule has 0 saturated carbocycles. The van der Waals surface area contributed by atoms with Crippen LogP contribution in [-0.4, -0.2) is 21.0 Å². The van der Waals surface area contributed by atoms with E-state index in [0.29, 0.717) is 0 Å². The molecule has 0 saturated heterocycles. The van der Waals surface area contributed by atoms with Gasteiger partial charge in [0, 0.05) is 17.1 Å². The van der Waals surface area contributed by atoms with E-state index >= 15 is 0 Å². The number of sulfonamides is 1. The molecule has 1 atom stereocenters. The van der Waals surface area contributed by atoms with Crippen LogP contribution in [0.1, 0.15) is 20.8 Å². The summed E-state index contributed by atoms with van der Waals surface area (Å²) in [5, 5.41) is 0. The van der Waals surface area contributed by atoms with Crippen LogP contribution in [0.3, 0.4) is 0 Å². The molecule has 7 heteroatoms. The summed E-state index contributed by atoms with van der Waals surface area (Å²) in [5.41, 5.74) is 5.30. The summed E-state index contributed by atoms with van der Waals surface area (Å²) in [6.07, 6.45) is 0. The van der Waals surface area contributed by atoms with Crippen molar-refractivity contribution in [3.63, 3.8) is 0 Å². The predicted octanol–water partition coefficient (Wildman–Crippen LogP) is 2.24. The van der Waals surface area contributed by atoms with Crippen molar-refractivity contribution in [3.05, 3.63) is 28.5 Å². The second-order valence-corrected chi connectivity index (χ2v) is 7.89. The predicted molar refractivity (Wildman–Crippen MR) is 76.7 cm³/mol. The number of hydrogen-bond acceptors (Lipinski definition) is 3. The third kappa shape index (κ3) is 4.24. The Kier molecular flexibility index (Phi) is 5.11. The molecule has 4 nitrogen and oxygen atoms in total. The summed E-state index contributed by atoms with van der Waals surface area (Å²) < 4.78 is 40.2. The van der Waals surface area contributed by atoms with Crippen molar-refractivity contribution >= 4 is 26.0 Å². The van der Waals surface area contributed by atoms with Gasteiger partial charge in [-0.3, -0.25) is 0 Å². The molecule has 3 N–H and O–H groups in total. The van der Waals surface area contributed by atoms with Crippen LogP contribution in [0, 0.1) is 11.2 Å². The van der Waals surface area contributed by atoms with E-state index < -0.39 is 21.9 Å². The van der Waals surface area contributed by atoms with Crippen LogP contribution >= 0.6 is 15.9 Å². The maximum Gasteiger partial charge on any atom is 0.242 e. The van der Waals surface area contributed by atoms with Crippen molar-refractivity contribution in [2.24, 2.45) is 11.1 Å². The summed E-state index contributed by atoms with van der Waals surface area (Å²) in [7, 11) is -3.75. The third-order valence-corrected chi connectivity index (χ3v) is 5.21. The van der Waals surface area contributed by atoms with E-state index in [2.05, 4.69) is 20.7 Å². The monoisotopic (exact) mass is 352 g/mol. The normalized spacial score (nSPS) is 14.4. The molecule has 1 aromatic carbocycles. The van der Waals surface area contributed by atoms with Gasteiger partial charge >= 0.3 is 0 Å². The Hall–Kier alpha value is -0.500. The van der Waals surface area contributed by atoms with E-state index in [4.69, 9.17) is 5.73 Å². The molecule has 0 heterocycles. The van der Waals surface area contributed by atoms with Crippen LogP contribution in [0.4, 0.5) is 4.39 Å². The lowest BCUT2D eigenvalue weighted by atomic mass is 9.88. The van der Waals surface area contributed by atoms with Gasteiger partial charge in [-0.25, -0.2) is 17.5 Å². The van der Waals surface area contributed by atoms with Crippen molar-refractivity contribution < 1.29 is 12.8 Å². The Morgan fingerprint density at radius 2 is 2.00 bits per heavy atom. The number of benzene rings is 1. The first kappa shape index (κ1) is 16.6. The van der Waals surface area contributed by atoms with E-state index in [1.165, 1.54) is 6.07 Å². The molecule has 0 bridgehead atoms. The molecule has 0 radical (unpaired) electrons. The van der Waals surface area contributed by atoms with Crippen LogP contribution in [0.5, 0.6) is 0 Å². The standard InChI is InChI=1S/C12H18BrFN2O2S/c1-12(2,3)11(7-15)16-19(17,18)10-5-4-8(14)6-9(10)13/h4-6,11,16H,7,15H2,1-3H3. The van der Waals surface area contributed by atoms with Crippen molar-refractivity contribution in [2.75, 3.05) is 6.54 Å². The van der Waals surface area contributed by atoms with Crippen LogP contribution in [0.25, 0.3) is 0 Å². The smallest absolute Gasteiger partial charge is 0.242 e. The second-order valence-electron chi connectivity index (χ2n) is 5.35. The van der Waals surface area contributed by atoms with Gasteiger partial charge in [0.2, 0.25) is 10.0 Å². The first-order chi connectivity index (χ1) is 8.58. The molecule has 1 unspecified atom stereocenters. The average Bonchev–Trinajstić information content (AvgIpc) is 2.23. The zero-order chi connectivity index (χ0) is 14.8. The van der Waals surface area contributed by atoms with Crippen LogP contribution in [0.15, 0.2) is 27.6 Å². The molecular formula is C12H18BrFN2O2S. The quantitative estimate of drug-likeness (QED) is 0.872. The molecule has 1 rings (SSSR count). The van der Waals surface area contributed by atoms with E-state index in [-0.39, 0.29) is 21.3 Å². The minimum atomic E-state index is -3.75. The molecule has 0 fully saturated rings. The SMILES string of the molecule is CC(C)(C)C(CN)NS(=O)(=O)c1ccc(F)cc1Br. The minimum Gasteiger partial charge on any atom is -0.329 e. The Bertz CT molecular complexity index is 555. The highest BCUT2D eigenvalue weighted by Crippen LogP contribution is 2.25. The van der Waals surface area contributed by atoms with Gasteiger partial charge in [0.1, 0.15) is 5.82 Å². The molecule has 108 valence electrons. The zero-order valence-corrected chi connectivity index (χ0v) is 13.5. The van der Waals surface area contributed by atoms with E-state index in [1.54, 1.807) is 0 Å². The molecule has 0 amide bonds. The fraction of sp³-hybridized carbons (Fsp3) is 0.500. The van der Waals surface area contributed by atoms with E-state index in [1.807, 2.05) is 20.8 Å². The van der Waals surface area contributed by atoms with Crippen LogP contribution < -0.4 is 10.5 Å². The van der Waals surface area contributed by atoms with Crippen molar-refractivity contribution in [1.29, 1.82) is 0 Å². The van der Waals surface area contributed by atoms with E-state index in [0.717, 1.165) is 12.1 Å². The Morgan fingerprint density at radius 3 is 2.42 bits per heavy atom. The highest BCUT2D eigenvalue weighted by molar-refractivity contribution is 9.10. The maximum atomic E-state index is 13.0. The van der Waals surface area contributed by atoms with Gasteiger partial charge in [0.25, 0.3) is 0 Å². The fourth-order valence-corrected chi connectivity index (χ4v) is 4.03. The Morgan fingerprint density at radius 1 is 1.42 bits per heavy atom. The van der Waals surface area contributed by atoms with Gasteiger partial charge in [0.05, 0.1) is 4.90 Å². The zero-order valence-electron chi connectivity index (χ0n) is 11.1. The first-order valence-electron chi connectivity index (χ1n) is 5.75. The number of halogens is 2. The lowest BCUT2D eigenvalue weighted by Crippen LogP contribution is -2.48. The Balaban J connectivity index is 3.11. The molecule has 0 aliphatic heterocycles. The molecule has 0 spiro atoms.